The average Bonchev–Trinajstić information content (AvgIpc) is 2.41. The number of esters is 1. The molecule has 2 aromatic rings. The van der Waals surface area contributed by atoms with E-state index in [1.807, 2.05) is 19.1 Å². The van der Waals surface area contributed by atoms with Crippen molar-refractivity contribution in [2.45, 2.75) is 13.3 Å². The van der Waals surface area contributed by atoms with Crippen LogP contribution < -0.4 is 0 Å². The second kappa shape index (κ2) is 5.65. The highest BCUT2D eigenvalue weighted by Crippen LogP contribution is 2.16. The molecule has 0 aliphatic heterocycles. The van der Waals surface area contributed by atoms with Crippen LogP contribution in [0.15, 0.2) is 42.5 Å². The number of aryl methyl sites for hydroxylation is 1. The maximum Gasteiger partial charge on any atom is 0.337 e. The van der Waals surface area contributed by atoms with Crippen molar-refractivity contribution < 1.29 is 13.9 Å². The van der Waals surface area contributed by atoms with Crippen LogP contribution in [0.2, 0.25) is 0 Å². The lowest BCUT2D eigenvalue weighted by molar-refractivity contribution is 0.0600. The Kier molecular flexibility index (Phi) is 3.95. The Hall–Kier alpha value is -2.16. The molecule has 0 fully saturated rings. The van der Waals surface area contributed by atoms with Crippen molar-refractivity contribution in [1.29, 1.82) is 0 Å². The zero-order valence-electron chi connectivity index (χ0n) is 10.9. The van der Waals surface area contributed by atoms with Gasteiger partial charge in [-0.15, -0.1) is 0 Å². The summed E-state index contributed by atoms with van der Waals surface area (Å²) in [6.07, 6.45) is 0.455. The van der Waals surface area contributed by atoms with Crippen molar-refractivity contribution in [3.8, 4) is 0 Å². The van der Waals surface area contributed by atoms with Gasteiger partial charge < -0.3 is 4.74 Å². The summed E-state index contributed by atoms with van der Waals surface area (Å²) in [5, 5.41) is 0. The zero-order chi connectivity index (χ0) is 13.8. The molecule has 0 heterocycles. The summed E-state index contributed by atoms with van der Waals surface area (Å²) >= 11 is 0. The summed E-state index contributed by atoms with van der Waals surface area (Å²) in [5.74, 6) is -0.602. The van der Waals surface area contributed by atoms with Crippen LogP contribution in [0.4, 0.5) is 4.39 Å². The van der Waals surface area contributed by atoms with Crippen molar-refractivity contribution in [1.82, 2.24) is 0 Å². The lowest BCUT2D eigenvalue weighted by Gasteiger charge is -2.06. The SMILES string of the molecule is COC(=O)c1cccc(Cc2ccc(C)cc2F)c1. The summed E-state index contributed by atoms with van der Waals surface area (Å²) in [6.45, 7) is 1.85. The maximum absolute atomic E-state index is 13.8. The van der Waals surface area contributed by atoms with Crippen LogP contribution in [0, 0.1) is 12.7 Å². The third-order valence-electron chi connectivity index (χ3n) is 2.95. The predicted molar refractivity (Wildman–Crippen MR) is 71.7 cm³/mol. The van der Waals surface area contributed by atoms with Crippen LogP contribution >= 0.6 is 0 Å². The lowest BCUT2D eigenvalue weighted by Crippen LogP contribution is -2.02. The van der Waals surface area contributed by atoms with Gasteiger partial charge in [-0.05, 0) is 41.8 Å². The predicted octanol–water partition coefficient (Wildman–Crippen LogP) is 3.51. The molecule has 0 aliphatic carbocycles. The summed E-state index contributed by atoms with van der Waals surface area (Å²) in [7, 11) is 1.34. The summed E-state index contributed by atoms with van der Waals surface area (Å²) in [6, 6.07) is 12.2. The highest BCUT2D eigenvalue weighted by molar-refractivity contribution is 5.89. The van der Waals surface area contributed by atoms with E-state index in [0.717, 1.165) is 11.1 Å². The minimum atomic E-state index is -0.383. The fourth-order valence-electron chi connectivity index (χ4n) is 1.94. The van der Waals surface area contributed by atoms with E-state index >= 15 is 0 Å². The summed E-state index contributed by atoms with van der Waals surface area (Å²) in [5.41, 5.74) is 2.87. The molecule has 2 nitrogen and oxygen atoms in total. The number of methoxy groups -OCH3 is 1. The van der Waals surface area contributed by atoms with Crippen molar-refractivity contribution >= 4 is 5.97 Å². The number of benzene rings is 2. The van der Waals surface area contributed by atoms with E-state index in [1.54, 1.807) is 24.3 Å². The van der Waals surface area contributed by atoms with Gasteiger partial charge in [0.2, 0.25) is 0 Å². The van der Waals surface area contributed by atoms with Crippen molar-refractivity contribution in [3.63, 3.8) is 0 Å². The van der Waals surface area contributed by atoms with Crippen LogP contribution in [0.3, 0.4) is 0 Å². The summed E-state index contributed by atoms with van der Waals surface area (Å²) in [4.78, 5) is 11.4. The van der Waals surface area contributed by atoms with E-state index in [-0.39, 0.29) is 11.8 Å². The first-order valence-corrected chi connectivity index (χ1v) is 6.02. The Morgan fingerprint density at radius 3 is 2.68 bits per heavy atom. The minimum absolute atomic E-state index is 0.219. The van der Waals surface area contributed by atoms with Gasteiger partial charge in [-0.2, -0.15) is 0 Å². The van der Waals surface area contributed by atoms with Gasteiger partial charge >= 0.3 is 5.97 Å². The van der Waals surface area contributed by atoms with Crippen molar-refractivity contribution in [2.24, 2.45) is 0 Å². The third kappa shape index (κ3) is 3.19. The van der Waals surface area contributed by atoms with Crippen LogP contribution in [-0.4, -0.2) is 13.1 Å². The molecule has 0 saturated carbocycles. The molecule has 98 valence electrons. The summed E-state index contributed by atoms with van der Waals surface area (Å²) < 4.78 is 18.4. The number of rotatable bonds is 3. The van der Waals surface area contributed by atoms with Crippen LogP contribution in [0.1, 0.15) is 27.0 Å². The molecule has 0 atom stereocenters. The molecule has 0 amide bonds. The highest BCUT2D eigenvalue weighted by Gasteiger charge is 2.08. The first kappa shape index (κ1) is 13.3. The second-order valence-corrected chi connectivity index (χ2v) is 4.46. The minimum Gasteiger partial charge on any atom is -0.465 e. The van der Waals surface area contributed by atoms with E-state index in [1.165, 1.54) is 13.2 Å². The molecule has 0 spiro atoms. The second-order valence-electron chi connectivity index (χ2n) is 4.46. The van der Waals surface area contributed by atoms with Crippen molar-refractivity contribution in [2.75, 3.05) is 7.11 Å². The molecule has 0 aliphatic rings. The molecule has 19 heavy (non-hydrogen) atoms. The normalized spacial score (nSPS) is 10.3. The highest BCUT2D eigenvalue weighted by atomic mass is 19.1. The molecule has 0 radical (unpaired) electrons. The van der Waals surface area contributed by atoms with Gasteiger partial charge in [0.1, 0.15) is 5.82 Å². The Bertz CT molecular complexity index is 605. The van der Waals surface area contributed by atoms with Gasteiger partial charge in [0.25, 0.3) is 0 Å². The smallest absolute Gasteiger partial charge is 0.337 e. The largest absolute Gasteiger partial charge is 0.465 e. The first-order valence-electron chi connectivity index (χ1n) is 6.02. The third-order valence-corrected chi connectivity index (χ3v) is 2.95. The lowest BCUT2D eigenvalue weighted by atomic mass is 10.0. The molecule has 3 heteroatoms. The Morgan fingerprint density at radius 2 is 2.00 bits per heavy atom. The topological polar surface area (TPSA) is 26.3 Å². The molecule has 0 N–H and O–H groups in total. The van der Waals surface area contributed by atoms with Gasteiger partial charge in [-0.3, -0.25) is 0 Å². The van der Waals surface area contributed by atoms with Gasteiger partial charge in [0.15, 0.2) is 0 Å². The molecule has 2 aromatic carbocycles. The Morgan fingerprint density at radius 1 is 1.21 bits per heavy atom. The Balaban J connectivity index is 2.26. The molecule has 0 saturated heterocycles. The van der Waals surface area contributed by atoms with E-state index in [2.05, 4.69) is 4.74 Å². The number of hydrogen-bond acceptors (Lipinski definition) is 2. The van der Waals surface area contributed by atoms with Crippen LogP contribution in [0.25, 0.3) is 0 Å². The van der Waals surface area contributed by atoms with Crippen molar-refractivity contribution in [3.05, 3.63) is 70.5 Å². The van der Waals surface area contributed by atoms with Gasteiger partial charge in [0, 0.05) is 6.42 Å². The number of halogens is 1. The standard InChI is InChI=1S/C16H15FO2/c1-11-6-7-13(15(17)8-11)9-12-4-3-5-14(10-12)16(18)19-2/h3-8,10H,9H2,1-2H3. The molecule has 2 rings (SSSR count). The fraction of sp³-hybridized carbons (Fsp3) is 0.188. The van der Waals surface area contributed by atoms with Gasteiger partial charge in [0.05, 0.1) is 12.7 Å². The quantitative estimate of drug-likeness (QED) is 0.787. The molecule has 0 aromatic heterocycles. The Labute approximate surface area is 111 Å². The molecular weight excluding hydrogens is 243 g/mol. The van der Waals surface area contributed by atoms with E-state index < -0.39 is 0 Å². The first-order chi connectivity index (χ1) is 9.10. The number of carbonyl (C=O) groups is 1. The number of hydrogen-bond donors (Lipinski definition) is 0. The average molecular weight is 258 g/mol. The maximum atomic E-state index is 13.8. The number of carbonyl (C=O) groups excluding carboxylic acids is 1. The molecule has 0 unspecified atom stereocenters. The molecular formula is C16H15FO2. The van der Waals surface area contributed by atoms with Crippen LogP contribution in [0.5, 0.6) is 0 Å². The number of ether oxygens (including phenoxy) is 1. The van der Waals surface area contributed by atoms with Gasteiger partial charge in [-0.1, -0.05) is 24.3 Å². The molecule has 0 bridgehead atoms. The van der Waals surface area contributed by atoms with Crippen LogP contribution in [-0.2, 0) is 11.2 Å². The van der Waals surface area contributed by atoms with E-state index in [4.69, 9.17) is 0 Å². The monoisotopic (exact) mass is 258 g/mol. The zero-order valence-corrected chi connectivity index (χ0v) is 10.9. The fourth-order valence-corrected chi connectivity index (χ4v) is 1.94. The van der Waals surface area contributed by atoms with E-state index in [0.29, 0.717) is 17.5 Å². The van der Waals surface area contributed by atoms with E-state index in [9.17, 15) is 9.18 Å². The van der Waals surface area contributed by atoms with Gasteiger partial charge in [-0.25, -0.2) is 9.18 Å².